The Morgan fingerprint density at radius 3 is 3.00 bits per heavy atom. The number of carbonyl (C=O) groups excluding carboxylic acids is 1. The normalized spacial score (nSPS) is 27.5. The lowest BCUT2D eigenvalue weighted by Crippen LogP contribution is -2.49. The molecule has 2 atom stereocenters. The topological polar surface area (TPSA) is 54.5 Å². The molecule has 0 bridgehead atoms. The number of aromatic nitrogens is 1. The van der Waals surface area contributed by atoms with E-state index in [-0.39, 0.29) is 18.1 Å². The lowest BCUT2D eigenvalue weighted by molar-refractivity contribution is -0.146. The summed E-state index contributed by atoms with van der Waals surface area (Å²) in [5.41, 5.74) is 1.17. The van der Waals surface area contributed by atoms with Crippen LogP contribution in [0.5, 0.6) is 0 Å². The van der Waals surface area contributed by atoms with Gasteiger partial charge in [-0.05, 0) is 30.5 Å². The predicted molar refractivity (Wildman–Crippen MR) is 70.5 cm³/mol. The van der Waals surface area contributed by atoms with Gasteiger partial charge in [0.2, 0.25) is 0 Å². The van der Waals surface area contributed by atoms with Gasteiger partial charge >= 0.3 is 0 Å². The summed E-state index contributed by atoms with van der Waals surface area (Å²) in [6.45, 7) is 2.89. The summed E-state index contributed by atoms with van der Waals surface area (Å²) in [5, 5.41) is 3.21. The van der Waals surface area contributed by atoms with E-state index in [4.69, 9.17) is 4.74 Å². The van der Waals surface area contributed by atoms with Gasteiger partial charge in [0.1, 0.15) is 6.10 Å². The van der Waals surface area contributed by atoms with Crippen LogP contribution in [0.3, 0.4) is 0 Å². The molecular weight excluding hydrogens is 242 g/mol. The number of hydrogen-bond donors (Lipinski definition) is 1. The average molecular weight is 261 g/mol. The van der Waals surface area contributed by atoms with Gasteiger partial charge in [-0.2, -0.15) is 0 Å². The number of amides is 1. The molecule has 3 heterocycles. The van der Waals surface area contributed by atoms with Gasteiger partial charge in [-0.25, -0.2) is 0 Å². The first-order chi connectivity index (χ1) is 9.36. The van der Waals surface area contributed by atoms with E-state index < -0.39 is 0 Å². The van der Waals surface area contributed by atoms with Crippen molar-refractivity contribution in [2.45, 2.75) is 25.0 Å². The Morgan fingerprint density at radius 2 is 2.26 bits per heavy atom. The van der Waals surface area contributed by atoms with Crippen molar-refractivity contribution in [1.82, 2.24) is 15.2 Å². The lowest BCUT2D eigenvalue weighted by atomic mass is 10.1. The minimum atomic E-state index is -0.323. The van der Waals surface area contributed by atoms with Crippen LogP contribution in [0.15, 0.2) is 24.5 Å². The molecule has 2 aliphatic heterocycles. The number of ether oxygens (including phenoxy) is 1. The number of hydrogen-bond acceptors (Lipinski definition) is 4. The van der Waals surface area contributed by atoms with Crippen LogP contribution in [-0.4, -0.2) is 48.1 Å². The first kappa shape index (κ1) is 12.6. The highest BCUT2D eigenvalue weighted by molar-refractivity contribution is 5.82. The van der Waals surface area contributed by atoms with Crippen LogP contribution in [0.25, 0.3) is 0 Å². The largest absolute Gasteiger partial charge is 0.366 e. The van der Waals surface area contributed by atoms with E-state index in [1.54, 1.807) is 12.4 Å². The first-order valence-electron chi connectivity index (χ1n) is 6.89. The second-order valence-corrected chi connectivity index (χ2v) is 5.03. The molecule has 1 aromatic heterocycles. The maximum Gasteiger partial charge on any atom is 0.253 e. The fourth-order valence-electron chi connectivity index (χ4n) is 2.87. The summed E-state index contributed by atoms with van der Waals surface area (Å²) in [4.78, 5) is 18.5. The van der Waals surface area contributed by atoms with Crippen molar-refractivity contribution in [1.29, 1.82) is 0 Å². The van der Waals surface area contributed by atoms with Gasteiger partial charge in [0.05, 0.1) is 12.6 Å². The van der Waals surface area contributed by atoms with Crippen LogP contribution in [0, 0.1) is 0 Å². The Balaban J connectivity index is 1.74. The molecule has 2 fully saturated rings. The molecular formula is C14H19N3O2. The van der Waals surface area contributed by atoms with Crippen LogP contribution in [0.4, 0.5) is 0 Å². The second-order valence-electron chi connectivity index (χ2n) is 5.03. The molecule has 1 aromatic rings. The van der Waals surface area contributed by atoms with Crippen molar-refractivity contribution in [3.8, 4) is 0 Å². The quantitative estimate of drug-likeness (QED) is 0.853. The molecule has 2 saturated heterocycles. The van der Waals surface area contributed by atoms with Gasteiger partial charge in [0.25, 0.3) is 5.91 Å². The Kier molecular flexibility index (Phi) is 3.75. The van der Waals surface area contributed by atoms with Gasteiger partial charge < -0.3 is 15.0 Å². The number of nitrogens with one attached hydrogen (secondary N) is 1. The highest BCUT2D eigenvalue weighted by Crippen LogP contribution is 2.32. The number of nitrogens with zero attached hydrogens (tertiary/aromatic N) is 2. The van der Waals surface area contributed by atoms with Crippen LogP contribution in [0.2, 0.25) is 0 Å². The van der Waals surface area contributed by atoms with E-state index >= 15 is 0 Å². The molecule has 5 heteroatoms. The first-order valence-corrected chi connectivity index (χ1v) is 6.89. The monoisotopic (exact) mass is 261 g/mol. The third kappa shape index (κ3) is 2.62. The Labute approximate surface area is 113 Å². The highest BCUT2D eigenvalue weighted by atomic mass is 16.5. The van der Waals surface area contributed by atoms with Gasteiger partial charge in [0, 0.05) is 32.0 Å². The third-order valence-corrected chi connectivity index (χ3v) is 3.83. The molecule has 102 valence electrons. The van der Waals surface area contributed by atoms with Gasteiger partial charge in [0.15, 0.2) is 0 Å². The molecule has 0 spiro atoms. The van der Waals surface area contributed by atoms with E-state index in [0.29, 0.717) is 13.2 Å². The molecule has 3 rings (SSSR count). The van der Waals surface area contributed by atoms with Crippen molar-refractivity contribution >= 4 is 5.91 Å². The second kappa shape index (κ2) is 5.67. The number of likely N-dealkylation sites (tertiary alicyclic amines) is 1. The van der Waals surface area contributed by atoms with Crippen LogP contribution in [-0.2, 0) is 9.53 Å². The molecule has 0 saturated carbocycles. The van der Waals surface area contributed by atoms with Crippen LogP contribution in [0.1, 0.15) is 24.4 Å². The maximum atomic E-state index is 12.5. The molecule has 19 heavy (non-hydrogen) atoms. The zero-order valence-electron chi connectivity index (χ0n) is 10.9. The van der Waals surface area contributed by atoms with Gasteiger partial charge in [-0.3, -0.25) is 9.78 Å². The van der Waals surface area contributed by atoms with E-state index in [9.17, 15) is 4.79 Å². The molecule has 0 radical (unpaired) electrons. The molecule has 1 N–H and O–H groups in total. The molecule has 1 amide bonds. The Hall–Kier alpha value is -1.46. The summed E-state index contributed by atoms with van der Waals surface area (Å²) in [5.74, 6) is 0.117. The fraction of sp³-hybridized carbons (Fsp3) is 0.571. The highest BCUT2D eigenvalue weighted by Gasteiger charge is 2.34. The zero-order valence-corrected chi connectivity index (χ0v) is 10.9. The van der Waals surface area contributed by atoms with Gasteiger partial charge in [-0.15, -0.1) is 0 Å². The molecule has 5 nitrogen and oxygen atoms in total. The summed E-state index contributed by atoms with van der Waals surface area (Å²) in [7, 11) is 0. The van der Waals surface area contributed by atoms with E-state index in [1.165, 1.54) is 5.56 Å². The summed E-state index contributed by atoms with van der Waals surface area (Å²) < 4.78 is 5.57. The van der Waals surface area contributed by atoms with Crippen molar-refractivity contribution in [3.05, 3.63) is 30.1 Å². The van der Waals surface area contributed by atoms with E-state index in [0.717, 1.165) is 25.9 Å². The minimum Gasteiger partial charge on any atom is -0.366 e. The van der Waals surface area contributed by atoms with Crippen molar-refractivity contribution in [2.75, 3.05) is 26.2 Å². The number of morpholine rings is 1. The van der Waals surface area contributed by atoms with Crippen molar-refractivity contribution in [3.63, 3.8) is 0 Å². The standard InChI is InChI=1S/C14H19N3O2/c18-14(13-10-16-7-9-19-13)17-8-1-2-12(17)11-3-5-15-6-4-11/h3-6,12-13,16H,1-2,7-10H2. The summed E-state index contributed by atoms with van der Waals surface area (Å²) >= 11 is 0. The molecule has 0 aliphatic carbocycles. The molecule has 0 aromatic carbocycles. The van der Waals surface area contributed by atoms with E-state index in [2.05, 4.69) is 10.3 Å². The van der Waals surface area contributed by atoms with Crippen LogP contribution < -0.4 is 5.32 Å². The van der Waals surface area contributed by atoms with Crippen LogP contribution >= 0.6 is 0 Å². The molecule has 2 unspecified atom stereocenters. The Bertz CT molecular complexity index is 432. The Morgan fingerprint density at radius 1 is 1.42 bits per heavy atom. The predicted octanol–water partition coefficient (Wildman–Crippen LogP) is 0.733. The average Bonchev–Trinajstić information content (AvgIpc) is 2.98. The third-order valence-electron chi connectivity index (χ3n) is 3.83. The summed E-state index contributed by atoms with van der Waals surface area (Å²) in [6, 6.07) is 4.17. The minimum absolute atomic E-state index is 0.117. The van der Waals surface area contributed by atoms with Crippen molar-refractivity contribution in [2.24, 2.45) is 0 Å². The van der Waals surface area contributed by atoms with Crippen molar-refractivity contribution < 1.29 is 9.53 Å². The lowest BCUT2D eigenvalue weighted by Gasteiger charge is -2.31. The summed E-state index contributed by atoms with van der Waals surface area (Å²) in [6.07, 6.45) is 5.33. The van der Waals surface area contributed by atoms with Gasteiger partial charge in [-0.1, -0.05) is 0 Å². The van der Waals surface area contributed by atoms with E-state index in [1.807, 2.05) is 17.0 Å². The fourth-order valence-corrected chi connectivity index (χ4v) is 2.87. The number of pyridine rings is 1. The SMILES string of the molecule is O=C(C1CNCCO1)N1CCCC1c1ccncc1. The maximum absolute atomic E-state index is 12.5. The number of rotatable bonds is 2. The smallest absolute Gasteiger partial charge is 0.253 e. The molecule has 2 aliphatic rings. The zero-order chi connectivity index (χ0) is 13.1. The number of carbonyl (C=O) groups is 1.